The van der Waals surface area contributed by atoms with Crippen LogP contribution in [-0.2, 0) is 26.1 Å². The van der Waals surface area contributed by atoms with Crippen molar-refractivity contribution in [3.63, 3.8) is 0 Å². The molecule has 0 spiro atoms. The number of pyridine rings is 1. The van der Waals surface area contributed by atoms with Crippen molar-refractivity contribution in [2.24, 2.45) is 0 Å². The number of aliphatic hydroxyl groups excluding tert-OH is 1. The molecular weight excluding hydrogens is 306 g/mol. The van der Waals surface area contributed by atoms with E-state index in [9.17, 15) is 4.79 Å². The van der Waals surface area contributed by atoms with Gasteiger partial charge in [-0.15, -0.1) is 0 Å². The first-order chi connectivity index (χ1) is 11.7. The minimum Gasteiger partial charge on any atom is -0.395 e. The third-order valence-electron chi connectivity index (χ3n) is 4.19. The predicted molar refractivity (Wildman–Crippen MR) is 89.4 cm³/mol. The zero-order valence-electron chi connectivity index (χ0n) is 13.9. The van der Waals surface area contributed by atoms with Crippen LogP contribution in [0, 0.1) is 0 Å². The number of hydrogen-bond donors (Lipinski definition) is 2. The van der Waals surface area contributed by atoms with Gasteiger partial charge in [-0.2, -0.15) is 5.10 Å². The van der Waals surface area contributed by atoms with Gasteiger partial charge in [-0.3, -0.25) is 19.4 Å². The monoisotopic (exact) mass is 329 g/mol. The first-order valence-electron chi connectivity index (χ1n) is 8.31. The number of carbonyl (C=O) groups is 1. The van der Waals surface area contributed by atoms with Gasteiger partial charge in [0.25, 0.3) is 5.91 Å². The van der Waals surface area contributed by atoms with Crippen LogP contribution >= 0.6 is 0 Å². The molecule has 1 aliphatic heterocycles. The minimum absolute atomic E-state index is 0.0725. The molecule has 0 aromatic carbocycles. The number of hydrogen-bond acceptors (Lipinski definition) is 5. The second kappa shape index (κ2) is 7.55. The fourth-order valence-corrected chi connectivity index (χ4v) is 2.81. The van der Waals surface area contributed by atoms with Crippen molar-refractivity contribution in [2.45, 2.75) is 33.0 Å². The molecule has 7 heteroatoms. The Kier molecular flexibility index (Phi) is 5.22. The van der Waals surface area contributed by atoms with E-state index in [4.69, 9.17) is 5.11 Å². The Morgan fingerprint density at radius 2 is 2.25 bits per heavy atom. The number of nitrogens with one attached hydrogen (secondary N) is 1. The maximum absolute atomic E-state index is 11.9. The van der Waals surface area contributed by atoms with E-state index in [2.05, 4.69) is 39.4 Å². The second-order valence-electron chi connectivity index (χ2n) is 5.95. The van der Waals surface area contributed by atoms with Crippen LogP contribution in [0.15, 0.2) is 24.4 Å². The number of amides is 1. The van der Waals surface area contributed by atoms with E-state index in [0.717, 1.165) is 44.0 Å². The Morgan fingerprint density at radius 3 is 2.96 bits per heavy atom. The highest BCUT2D eigenvalue weighted by Crippen LogP contribution is 2.16. The summed E-state index contributed by atoms with van der Waals surface area (Å²) in [5.74, 6) is -0.241. The Balaban J connectivity index is 1.63. The summed E-state index contributed by atoms with van der Waals surface area (Å²) in [7, 11) is 0. The molecule has 3 rings (SSSR count). The van der Waals surface area contributed by atoms with Gasteiger partial charge < -0.3 is 10.4 Å². The molecule has 0 fully saturated rings. The number of rotatable bonds is 6. The third-order valence-corrected chi connectivity index (χ3v) is 4.19. The quantitative estimate of drug-likeness (QED) is 0.810. The van der Waals surface area contributed by atoms with Gasteiger partial charge in [-0.1, -0.05) is 13.0 Å². The van der Waals surface area contributed by atoms with E-state index in [1.54, 1.807) is 0 Å². The van der Waals surface area contributed by atoms with Crippen LogP contribution in [0.25, 0.3) is 0 Å². The van der Waals surface area contributed by atoms with Crippen LogP contribution in [-0.4, -0.2) is 50.4 Å². The van der Waals surface area contributed by atoms with Crippen LogP contribution in [0.5, 0.6) is 0 Å². The highest BCUT2D eigenvalue weighted by atomic mass is 16.3. The SMILES string of the molecule is CCc1ccc(CN2CCn3nc(C(=O)NCCO)cc3C2)nc1. The molecule has 24 heavy (non-hydrogen) atoms. The van der Waals surface area contributed by atoms with Gasteiger partial charge >= 0.3 is 0 Å². The van der Waals surface area contributed by atoms with Crippen LogP contribution in [0.3, 0.4) is 0 Å². The minimum atomic E-state index is -0.241. The van der Waals surface area contributed by atoms with Crippen molar-refractivity contribution in [2.75, 3.05) is 19.7 Å². The summed E-state index contributed by atoms with van der Waals surface area (Å²) >= 11 is 0. The molecule has 0 unspecified atom stereocenters. The summed E-state index contributed by atoms with van der Waals surface area (Å²) in [4.78, 5) is 18.8. The molecule has 0 atom stereocenters. The molecule has 2 aromatic rings. The first-order valence-corrected chi connectivity index (χ1v) is 8.31. The molecule has 2 N–H and O–H groups in total. The number of aryl methyl sites for hydroxylation is 1. The number of fused-ring (bicyclic) bond motifs is 1. The van der Waals surface area contributed by atoms with Crippen LogP contribution in [0.4, 0.5) is 0 Å². The van der Waals surface area contributed by atoms with E-state index in [-0.39, 0.29) is 19.1 Å². The Labute approximate surface area is 141 Å². The normalized spacial score (nSPS) is 14.4. The van der Waals surface area contributed by atoms with E-state index < -0.39 is 0 Å². The average Bonchev–Trinajstić information content (AvgIpc) is 3.04. The molecule has 0 aliphatic carbocycles. The average molecular weight is 329 g/mol. The van der Waals surface area contributed by atoms with Gasteiger partial charge in [-0.25, -0.2) is 0 Å². The molecule has 1 amide bonds. The molecule has 0 bridgehead atoms. The van der Waals surface area contributed by atoms with E-state index >= 15 is 0 Å². The Hall–Kier alpha value is -2.25. The van der Waals surface area contributed by atoms with Crippen molar-refractivity contribution in [3.05, 3.63) is 47.0 Å². The summed E-state index contributed by atoms with van der Waals surface area (Å²) in [5, 5.41) is 15.8. The lowest BCUT2D eigenvalue weighted by molar-refractivity contribution is 0.0938. The summed E-state index contributed by atoms with van der Waals surface area (Å²) in [6.07, 6.45) is 2.93. The van der Waals surface area contributed by atoms with Gasteiger partial charge in [0.2, 0.25) is 0 Å². The van der Waals surface area contributed by atoms with Crippen molar-refractivity contribution in [1.29, 1.82) is 0 Å². The second-order valence-corrected chi connectivity index (χ2v) is 5.95. The number of aliphatic hydroxyl groups is 1. The van der Waals surface area contributed by atoms with Gasteiger partial charge in [-0.05, 0) is 24.1 Å². The van der Waals surface area contributed by atoms with Gasteiger partial charge in [0.05, 0.1) is 24.5 Å². The van der Waals surface area contributed by atoms with Crippen molar-refractivity contribution in [3.8, 4) is 0 Å². The Bertz CT molecular complexity index is 696. The Morgan fingerprint density at radius 1 is 1.38 bits per heavy atom. The smallest absolute Gasteiger partial charge is 0.271 e. The lowest BCUT2D eigenvalue weighted by Crippen LogP contribution is -2.33. The van der Waals surface area contributed by atoms with Crippen LogP contribution < -0.4 is 5.32 Å². The first kappa shape index (κ1) is 16.6. The van der Waals surface area contributed by atoms with E-state index in [1.807, 2.05) is 16.9 Å². The predicted octanol–water partition coefficient (Wildman–Crippen LogP) is 0.578. The van der Waals surface area contributed by atoms with Gasteiger partial charge in [0.1, 0.15) is 5.69 Å². The summed E-state index contributed by atoms with van der Waals surface area (Å²) < 4.78 is 1.89. The zero-order valence-corrected chi connectivity index (χ0v) is 13.9. The lowest BCUT2D eigenvalue weighted by Gasteiger charge is -2.27. The number of nitrogens with zero attached hydrogens (tertiary/aromatic N) is 4. The van der Waals surface area contributed by atoms with Crippen molar-refractivity contribution in [1.82, 2.24) is 25.0 Å². The van der Waals surface area contributed by atoms with Crippen LogP contribution in [0.1, 0.15) is 34.4 Å². The fourth-order valence-electron chi connectivity index (χ4n) is 2.81. The van der Waals surface area contributed by atoms with E-state index in [0.29, 0.717) is 5.69 Å². The molecule has 128 valence electrons. The fraction of sp³-hybridized carbons (Fsp3) is 0.471. The van der Waals surface area contributed by atoms with E-state index in [1.165, 1.54) is 5.56 Å². The van der Waals surface area contributed by atoms with Crippen LogP contribution in [0.2, 0.25) is 0 Å². The van der Waals surface area contributed by atoms with Gasteiger partial charge in [0.15, 0.2) is 0 Å². The molecule has 3 heterocycles. The van der Waals surface area contributed by atoms with Crippen molar-refractivity contribution >= 4 is 5.91 Å². The number of carbonyl (C=O) groups excluding carboxylic acids is 1. The molecule has 1 aliphatic rings. The lowest BCUT2D eigenvalue weighted by atomic mass is 10.2. The molecule has 2 aromatic heterocycles. The largest absolute Gasteiger partial charge is 0.395 e. The topological polar surface area (TPSA) is 83.3 Å². The van der Waals surface area contributed by atoms with Gasteiger partial charge in [0, 0.05) is 32.4 Å². The molecule has 0 saturated heterocycles. The standard InChI is InChI=1S/C17H23N5O2/c1-2-13-3-4-14(19-10-13)11-21-6-7-22-15(12-21)9-16(20-22)17(24)18-5-8-23/h3-4,9-10,23H,2,5-8,11-12H2,1H3,(H,18,24). The highest BCUT2D eigenvalue weighted by Gasteiger charge is 2.21. The molecule has 0 saturated carbocycles. The summed E-state index contributed by atoms with van der Waals surface area (Å²) in [6.45, 7) is 5.47. The maximum atomic E-state index is 11.9. The summed E-state index contributed by atoms with van der Waals surface area (Å²) in [6, 6.07) is 6.03. The maximum Gasteiger partial charge on any atom is 0.271 e. The number of aromatic nitrogens is 3. The zero-order chi connectivity index (χ0) is 16.9. The highest BCUT2D eigenvalue weighted by molar-refractivity contribution is 5.92. The molecular formula is C17H23N5O2. The third kappa shape index (κ3) is 3.80. The van der Waals surface area contributed by atoms with Crippen molar-refractivity contribution < 1.29 is 9.90 Å². The molecule has 7 nitrogen and oxygen atoms in total. The summed E-state index contributed by atoms with van der Waals surface area (Å²) in [5.41, 5.74) is 3.74. The molecule has 0 radical (unpaired) electrons.